The van der Waals surface area contributed by atoms with Gasteiger partial charge < -0.3 is 10.2 Å². The number of pyridine rings is 1. The number of carbonyl (C=O) groups is 1. The summed E-state index contributed by atoms with van der Waals surface area (Å²) in [5.74, 6) is -0.173. The molecule has 1 amide bonds. The van der Waals surface area contributed by atoms with Crippen LogP contribution in [0, 0.1) is 0 Å². The van der Waals surface area contributed by atoms with Crippen molar-refractivity contribution >= 4 is 5.91 Å². The van der Waals surface area contributed by atoms with Crippen molar-refractivity contribution in [3.8, 4) is 0 Å². The van der Waals surface area contributed by atoms with Crippen molar-refractivity contribution in [2.45, 2.75) is 12.5 Å². The molecule has 116 valence electrons. The van der Waals surface area contributed by atoms with Crippen LogP contribution < -0.4 is 5.32 Å². The molecule has 0 saturated heterocycles. The summed E-state index contributed by atoms with van der Waals surface area (Å²) in [6, 6.07) is 3.97. The first-order valence-electron chi connectivity index (χ1n) is 7.60. The molecule has 0 aromatic carbocycles. The Morgan fingerprint density at radius 1 is 1.39 bits per heavy atom. The Bertz CT molecular complexity index is 802. The van der Waals surface area contributed by atoms with E-state index in [1.54, 1.807) is 6.20 Å². The summed E-state index contributed by atoms with van der Waals surface area (Å²) in [6.07, 6.45) is 6.60. The third-order valence-corrected chi connectivity index (χ3v) is 4.36. The minimum absolute atomic E-state index is 0.0600. The molecule has 1 N–H and O–H groups in total. The van der Waals surface area contributed by atoms with E-state index >= 15 is 0 Å². The van der Waals surface area contributed by atoms with Gasteiger partial charge in [0.15, 0.2) is 5.70 Å². The molecule has 4 rings (SSSR count). The van der Waals surface area contributed by atoms with Crippen molar-refractivity contribution < 1.29 is 4.79 Å². The summed E-state index contributed by atoms with van der Waals surface area (Å²) in [7, 11) is 3.97. The molecule has 6 nitrogen and oxygen atoms in total. The van der Waals surface area contributed by atoms with Gasteiger partial charge in [-0.3, -0.25) is 9.78 Å². The van der Waals surface area contributed by atoms with Gasteiger partial charge in [0.25, 0.3) is 5.91 Å². The fraction of sp³-hybridized carbons (Fsp3) is 0.294. The van der Waals surface area contributed by atoms with Crippen LogP contribution >= 0.6 is 0 Å². The second-order valence-electron chi connectivity index (χ2n) is 6.11. The standard InChI is InChI=1S/C17H17N5O/c1-22(2)14(10-4-3-5-18-8-10)9-19-17(23)16-13-7-11-6-12(11)15(13)20-21-16/h3-5,7-8,14H,6,9H2,1-2H3,(H,19,23). The number of amides is 1. The first kappa shape index (κ1) is 14.0. The summed E-state index contributed by atoms with van der Waals surface area (Å²) >= 11 is 0. The molecule has 23 heavy (non-hydrogen) atoms. The number of azo groups is 1. The summed E-state index contributed by atoms with van der Waals surface area (Å²) in [5.41, 5.74) is 5.79. The number of nitrogens with one attached hydrogen (secondary N) is 1. The minimum atomic E-state index is -0.173. The molecule has 0 bridgehead atoms. The number of aromatic nitrogens is 1. The van der Waals surface area contributed by atoms with Gasteiger partial charge in [0.2, 0.25) is 0 Å². The lowest BCUT2D eigenvalue weighted by Crippen LogP contribution is -2.35. The zero-order chi connectivity index (χ0) is 16.0. The Morgan fingerprint density at radius 3 is 3.00 bits per heavy atom. The van der Waals surface area contributed by atoms with E-state index in [2.05, 4.69) is 25.4 Å². The lowest BCUT2D eigenvalue weighted by molar-refractivity contribution is -0.117. The fourth-order valence-electron chi connectivity index (χ4n) is 2.99. The molecule has 1 fully saturated rings. The molecule has 2 heterocycles. The van der Waals surface area contributed by atoms with E-state index in [0.717, 1.165) is 23.3 Å². The molecule has 6 heteroatoms. The van der Waals surface area contributed by atoms with Crippen LogP contribution in [-0.2, 0) is 4.79 Å². The second kappa shape index (κ2) is 5.24. The smallest absolute Gasteiger partial charge is 0.272 e. The van der Waals surface area contributed by atoms with Crippen LogP contribution in [0.2, 0.25) is 0 Å². The van der Waals surface area contributed by atoms with E-state index in [-0.39, 0.29) is 11.9 Å². The number of nitrogens with zero attached hydrogens (tertiary/aromatic N) is 4. The highest BCUT2D eigenvalue weighted by Crippen LogP contribution is 2.51. The quantitative estimate of drug-likeness (QED) is 0.906. The van der Waals surface area contributed by atoms with Crippen molar-refractivity contribution in [1.29, 1.82) is 0 Å². The largest absolute Gasteiger partial charge is 0.349 e. The van der Waals surface area contributed by atoms with Crippen LogP contribution in [-0.4, -0.2) is 36.4 Å². The maximum Gasteiger partial charge on any atom is 0.272 e. The number of fused-ring (bicyclic) bond motifs is 2. The molecule has 1 saturated carbocycles. The van der Waals surface area contributed by atoms with Crippen molar-refractivity contribution in [1.82, 2.24) is 15.2 Å². The number of likely N-dealkylation sites (N-methyl/N-ethyl adjacent to an activating group) is 1. The number of hydrogen-bond donors (Lipinski definition) is 1. The first-order valence-corrected chi connectivity index (χ1v) is 7.60. The lowest BCUT2D eigenvalue weighted by atomic mass is 10.1. The molecule has 1 aliphatic heterocycles. The average molecular weight is 307 g/mol. The maximum atomic E-state index is 12.5. The highest BCUT2D eigenvalue weighted by atomic mass is 16.2. The molecule has 0 radical (unpaired) electrons. The first-order chi connectivity index (χ1) is 11.1. The highest BCUT2D eigenvalue weighted by molar-refractivity contribution is 5.97. The van der Waals surface area contributed by atoms with Crippen molar-refractivity contribution in [2.75, 3.05) is 20.6 Å². The molecule has 1 aromatic rings. The number of rotatable bonds is 5. The molecule has 1 aromatic heterocycles. The summed E-state index contributed by atoms with van der Waals surface area (Å²) in [6.45, 7) is 0.492. The Morgan fingerprint density at radius 2 is 2.26 bits per heavy atom. The van der Waals surface area contributed by atoms with Gasteiger partial charge in [0.05, 0.1) is 11.7 Å². The summed E-state index contributed by atoms with van der Waals surface area (Å²) in [4.78, 5) is 18.7. The van der Waals surface area contributed by atoms with Gasteiger partial charge >= 0.3 is 0 Å². The van der Waals surface area contributed by atoms with Gasteiger partial charge in [0.1, 0.15) is 0 Å². The van der Waals surface area contributed by atoms with E-state index in [0.29, 0.717) is 12.2 Å². The molecular formula is C17H17N5O. The van der Waals surface area contributed by atoms with E-state index in [9.17, 15) is 4.79 Å². The Labute approximate surface area is 134 Å². The number of hydrogen-bond acceptors (Lipinski definition) is 5. The van der Waals surface area contributed by atoms with E-state index in [4.69, 9.17) is 0 Å². The number of carbonyl (C=O) groups excluding carboxylic acids is 1. The maximum absolute atomic E-state index is 12.5. The van der Waals surface area contributed by atoms with Crippen LogP contribution in [0.1, 0.15) is 18.0 Å². The van der Waals surface area contributed by atoms with Gasteiger partial charge in [-0.1, -0.05) is 6.07 Å². The Balaban J connectivity index is 1.48. The van der Waals surface area contributed by atoms with E-state index in [1.807, 2.05) is 38.5 Å². The van der Waals surface area contributed by atoms with Gasteiger partial charge in [-0.05, 0) is 42.9 Å². The molecule has 2 aliphatic carbocycles. The van der Waals surface area contributed by atoms with Gasteiger partial charge in [-0.15, -0.1) is 10.2 Å². The van der Waals surface area contributed by atoms with Crippen molar-refractivity contribution in [2.24, 2.45) is 10.2 Å². The molecule has 1 unspecified atom stereocenters. The highest BCUT2D eigenvalue weighted by Gasteiger charge is 2.38. The van der Waals surface area contributed by atoms with Crippen LogP contribution in [0.3, 0.4) is 0 Å². The fourth-order valence-corrected chi connectivity index (χ4v) is 2.99. The molecular weight excluding hydrogens is 290 g/mol. The summed E-state index contributed by atoms with van der Waals surface area (Å²) < 4.78 is 0. The minimum Gasteiger partial charge on any atom is -0.349 e. The van der Waals surface area contributed by atoms with Crippen LogP contribution in [0.25, 0.3) is 0 Å². The lowest BCUT2D eigenvalue weighted by Gasteiger charge is -2.24. The molecule has 0 spiro atoms. The van der Waals surface area contributed by atoms with Crippen LogP contribution in [0.4, 0.5) is 0 Å². The monoisotopic (exact) mass is 307 g/mol. The predicted octanol–water partition coefficient (Wildman–Crippen LogP) is 2.12. The van der Waals surface area contributed by atoms with E-state index < -0.39 is 0 Å². The van der Waals surface area contributed by atoms with Crippen molar-refractivity contribution in [3.63, 3.8) is 0 Å². The van der Waals surface area contributed by atoms with E-state index in [1.165, 1.54) is 11.1 Å². The zero-order valence-electron chi connectivity index (χ0n) is 13.1. The SMILES string of the molecule is CN(C)C(CNC(=O)C1=C2C=C3CC3=C2N=N1)c1cccnc1. The third-order valence-electron chi connectivity index (χ3n) is 4.36. The van der Waals surface area contributed by atoms with Crippen LogP contribution in [0.5, 0.6) is 0 Å². The van der Waals surface area contributed by atoms with Gasteiger partial charge in [-0.25, -0.2) is 0 Å². The Hall–Kier alpha value is -2.60. The number of allylic oxidation sites excluding steroid dienone is 3. The van der Waals surface area contributed by atoms with Gasteiger partial charge in [0, 0.05) is 30.9 Å². The zero-order valence-corrected chi connectivity index (χ0v) is 13.1. The molecule has 3 aliphatic rings. The van der Waals surface area contributed by atoms with Gasteiger partial charge in [-0.2, -0.15) is 0 Å². The Kier molecular flexibility index (Phi) is 3.20. The van der Waals surface area contributed by atoms with Crippen LogP contribution in [0.15, 0.2) is 68.9 Å². The predicted molar refractivity (Wildman–Crippen MR) is 85.3 cm³/mol. The average Bonchev–Trinajstić information content (AvgIpc) is 3.03. The normalized spacial score (nSPS) is 19.0. The topological polar surface area (TPSA) is 70.0 Å². The van der Waals surface area contributed by atoms with Crippen molar-refractivity contribution in [3.05, 3.63) is 64.3 Å². The third kappa shape index (κ3) is 2.41. The molecule has 1 atom stereocenters. The second-order valence-corrected chi connectivity index (χ2v) is 6.11. The summed E-state index contributed by atoms with van der Waals surface area (Å²) in [5, 5.41) is 11.2.